The van der Waals surface area contributed by atoms with Crippen molar-refractivity contribution in [2.24, 2.45) is 0 Å². The summed E-state index contributed by atoms with van der Waals surface area (Å²) in [6, 6.07) is 46.3. The lowest BCUT2D eigenvalue weighted by Crippen LogP contribution is -2.41. The summed E-state index contributed by atoms with van der Waals surface area (Å²) in [6.07, 6.45) is 0. The van der Waals surface area contributed by atoms with E-state index in [9.17, 15) is 0 Å². The van der Waals surface area contributed by atoms with Crippen molar-refractivity contribution in [2.75, 3.05) is 0 Å². The molecule has 6 aromatic carbocycles. The average molecular weight is 609 g/mol. The minimum atomic E-state index is -0.523. The standard InChI is InChI=1S/C42H33BN2O2/c1-41(2)42(3,4)47-43(46-41)32-23-25-35-38-37-34(44(40(32)38)27-16-9-6-10-17-27)24-22-28(26-14-7-5-8-15-26)36(37)31-20-13-19-30-29-18-11-12-21-33(29)45(35)39(30)31/h5-25H,1-4H3. The molecule has 0 bridgehead atoms. The van der Waals surface area contributed by atoms with E-state index in [2.05, 4.69) is 164 Å². The highest BCUT2D eigenvalue weighted by Gasteiger charge is 2.52. The van der Waals surface area contributed by atoms with Crippen molar-refractivity contribution in [1.29, 1.82) is 0 Å². The quantitative estimate of drug-likeness (QED) is 0.187. The summed E-state index contributed by atoms with van der Waals surface area (Å²) in [4.78, 5) is 0. The maximum Gasteiger partial charge on any atom is 0.497 e. The van der Waals surface area contributed by atoms with E-state index in [-0.39, 0.29) is 0 Å². The third kappa shape index (κ3) is 3.51. The number of aromatic nitrogens is 2. The van der Waals surface area contributed by atoms with Crippen molar-refractivity contribution in [3.05, 3.63) is 127 Å². The van der Waals surface area contributed by atoms with Crippen molar-refractivity contribution in [3.63, 3.8) is 0 Å². The smallest absolute Gasteiger partial charge is 0.399 e. The summed E-state index contributed by atoms with van der Waals surface area (Å²) >= 11 is 0. The Morgan fingerprint density at radius 3 is 1.89 bits per heavy atom. The van der Waals surface area contributed by atoms with Crippen LogP contribution in [0.5, 0.6) is 0 Å². The molecule has 9 aromatic rings. The molecule has 0 aliphatic carbocycles. The van der Waals surface area contributed by atoms with E-state index in [4.69, 9.17) is 9.31 Å². The molecule has 1 fully saturated rings. The zero-order valence-corrected chi connectivity index (χ0v) is 26.9. The largest absolute Gasteiger partial charge is 0.497 e. The summed E-state index contributed by atoms with van der Waals surface area (Å²) in [5.74, 6) is 0. The van der Waals surface area contributed by atoms with Crippen molar-refractivity contribution >= 4 is 72.5 Å². The first-order chi connectivity index (χ1) is 22.8. The van der Waals surface area contributed by atoms with Crippen LogP contribution in [-0.2, 0) is 9.31 Å². The van der Waals surface area contributed by atoms with E-state index < -0.39 is 18.3 Å². The monoisotopic (exact) mass is 608 g/mol. The molecule has 3 aromatic heterocycles. The lowest BCUT2D eigenvalue weighted by molar-refractivity contribution is 0.00578. The Kier molecular flexibility index (Phi) is 5.33. The van der Waals surface area contributed by atoms with Gasteiger partial charge in [-0.2, -0.15) is 0 Å². The van der Waals surface area contributed by atoms with Gasteiger partial charge in [-0.1, -0.05) is 97.1 Å². The molecule has 0 N–H and O–H groups in total. The van der Waals surface area contributed by atoms with Crippen LogP contribution in [0.1, 0.15) is 27.7 Å². The molecule has 226 valence electrons. The van der Waals surface area contributed by atoms with Crippen LogP contribution in [0.25, 0.3) is 76.7 Å². The fourth-order valence-corrected chi connectivity index (χ4v) is 8.04. The predicted octanol–water partition coefficient (Wildman–Crippen LogP) is 9.90. The Labute approximate surface area is 273 Å². The van der Waals surface area contributed by atoms with Gasteiger partial charge in [0.1, 0.15) is 0 Å². The average Bonchev–Trinajstić information content (AvgIpc) is 3.65. The van der Waals surface area contributed by atoms with Gasteiger partial charge >= 0.3 is 7.12 Å². The maximum absolute atomic E-state index is 6.79. The van der Waals surface area contributed by atoms with Crippen LogP contribution in [0.3, 0.4) is 0 Å². The molecule has 47 heavy (non-hydrogen) atoms. The van der Waals surface area contributed by atoms with Crippen LogP contribution in [0.4, 0.5) is 0 Å². The van der Waals surface area contributed by atoms with Gasteiger partial charge in [0, 0.05) is 43.5 Å². The summed E-state index contributed by atoms with van der Waals surface area (Å²) in [5.41, 5.74) is 9.53. The second-order valence-electron chi connectivity index (χ2n) is 14.0. The van der Waals surface area contributed by atoms with Crippen molar-refractivity contribution < 1.29 is 9.31 Å². The Morgan fingerprint density at radius 2 is 1.13 bits per heavy atom. The lowest BCUT2D eigenvalue weighted by Gasteiger charge is -2.32. The first-order valence-electron chi connectivity index (χ1n) is 16.5. The SMILES string of the molecule is CC1(C)OB(c2ccc3c4c5c(c(-c6ccccc6)ccc5n(-c5ccccc5)c24)c2cccc4c5ccccc5n3c42)OC1(C)C. The molecule has 0 unspecified atom stereocenters. The van der Waals surface area contributed by atoms with Gasteiger partial charge in [0.2, 0.25) is 0 Å². The Hall–Kier alpha value is -5.10. The Morgan fingerprint density at radius 1 is 0.489 bits per heavy atom. The van der Waals surface area contributed by atoms with Gasteiger partial charge in [-0.05, 0) is 69.2 Å². The normalized spacial score (nSPS) is 16.2. The van der Waals surface area contributed by atoms with Gasteiger partial charge in [-0.3, -0.25) is 0 Å². The van der Waals surface area contributed by atoms with Crippen LogP contribution in [0.15, 0.2) is 127 Å². The fraction of sp³-hybridized carbons (Fsp3) is 0.143. The van der Waals surface area contributed by atoms with Crippen LogP contribution in [0.2, 0.25) is 0 Å². The third-order valence-corrected chi connectivity index (χ3v) is 10.9. The van der Waals surface area contributed by atoms with Gasteiger partial charge in [0.15, 0.2) is 0 Å². The highest BCUT2D eigenvalue weighted by atomic mass is 16.7. The molecule has 0 radical (unpaired) electrons. The number of para-hydroxylation sites is 3. The summed E-state index contributed by atoms with van der Waals surface area (Å²) in [7, 11) is -0.523. The number of fused-ring (bicyclic) bond motifs is 5. The highest BCUT2D eigenvalue weighted by Crippen LogP contribution is 2.47. The fourth-order valence-electron chi connectivity index (χ4n) is 8.04. The first kappa shape index (κ1) is 27.1. The first-order valence-corrected chi connectivity index (χ1v) is 16.5. The molecule has 4 nitrogen and oxygen atoms in total. The van der Waals surface area contributed by atoms with Crippen molar-refractivity contribution in [2.45, 2.75) is 38.9 Å². The van der Waals surface area contributed by atoms with Crippen molar-refractivity contribution in [1.82, 2.24) is 8.97 Å². The molecule has 0 amide bonds. The molecule has 10 rings (SSSR count). The lowest BCUT2D eigenvalue weighted by atomic mass is 9.77. The van der Waals surface area contributed by atoms with Crippen LogP contribution >= 0.6 is 0 Å². The number of rotatable bonds is 3. The van der Waals surface area contributed by atoms with Gasteiger partial charge < -0.3 is 18.3 Å². The molecule has 0 spiro atoms. The maximum atomic E-state index is 6.79. The number of hydrogen-bond donors (Lipinski definition) is 0. The number of benzene rings is 6. The van der Waals surface area contributed by atoms with Crippen LogP contribution < -0.4 is 5.46 Å². The summed E-state index contributed by atoms with van der Waals surface area (Å²) < 4.78 is 18.5. The molecule has 0 atom stereocenters. The molecular weight excluding hydrogens is 575 g/mol. The second kappa shape index (κ2) is 9.25. The molecular formula is C42H33BN2O2. The van der Waals surface area contributed by atoms with Crippen LogP contribution in [0, 0.1) is 0 Å². The van der Waals surface area contributed by atoms with Gasteiger partial charge in [-0.15, -0.1) is 0 Å². The van der Waals surface area contributed by atoms with E-state index in [1.165, 1.54) is 60.0 Å². The molecule has 1 saturated heterocycles. The molecule has 5 heteroatoms. The molecule has 0 saturated carbocycles. The molecule has 1 aliphatic rings. The van der Waals surface area contributed by atoms with Crippen molar-refractivity contribution in [3.8, 4) is 16.8 Å². The Bertz CT molecular complexity index is 2670. The molecule has 4 heterocycles. The van der Waals surface area contributed by atoms with E-state index in [1.54, 1.807) is 0 Å². The van der Waals surface area contributed by atoms with E-state index >= 15 is 0 Å². The summed E-state index contributed by atoms with van der Waals surface area (Å²) in [5, 5.41) is 7.48. The topological polar surface area (TPSA) is 27.8 Å². The highest BCUT2D eigenvalue weighted by molar-refractivity contribution is 6.65. The number of hydrogen-bond acceptors (Lipinski definition) is 2. The van der Waals surface area contributed by atoms with E-state index in [0.29, 0.717) is 0 Å². The summed E-state index contributed by atoms with van der Waals surface area (Å²) in [6.45, 7) is 8.51. The zero-order chi connectivity index (χ0) is 31.7. The molecule has 1 aliphatic heterocycles. The van der Waals surface area contributed by atoms with Gasteiger partial charge in [0.25, 0.3) is 0 Å². The third-order valence-electron chi connectivity index (χ3n) is 10.9. The minimum Gasteiger partial charge on any atom is -0.399 e. The zero-order valence-electron chi connectivity index (χ0n) is 26.9. The van der Waals surface area contributed by atoms with Crippen LogP contribution in [-0.4, -0.2) is 27.3 Å². The Balaban J connectivity index is 1.52. The minimum absolute atomic E-state index is 0.467. The van der Waals surface area contributed by atoms with E-state index in [0.717, 1.165) is 22.2 Å². The van der Waals surface area contributed by atoms with E-state index in [1.807, 2.05) is 0 Å². The second-order valence-corrected chi connectivity index (χ2v) is 14.0. The van der Waals surface area contributed by atoms with Gasteiger partial charge in [0.05, 0.1) is 38.8 Å². The predicted molar refractivity (Wildman–Crippen MR) is 197 cm³/mol. The number of nitrogens with zero attached hydrogens (tertiary/aromatic N) is 2. The van der Waals surface area contributed by atoms with Gasteiger partial charge in [-0.25, -0.2) is 0 Å².